The third kappa shape index (κ3) is 6.50. The molecule has 0 unspecified atom stereocenters. The number of hydrogen-bond acceptors (Lipinski definition) is 10. The lowest BCUT2D eigenvalue weighted by Gasteiger charge is -2.72. The molecule has 10 atom stereocenters. The fourth-order valence-electron chi connectivity index (χ4n) is 12.9. The molecule has 8 aliphatic rings. The molecule has 0 radical (unpaired) electrons. The molecule has 1 aromatic rings. The maximum absolute atomic E-state index is 14.0. The van der Waals surface area contributed by atoms with Crippen molar-refractivity contribution in [1.29, 1.82) is 0 Å². The number of nitrogens with one attached hydrogen (secondary N) is 3. The number of benzene rings is 1. The van der Waals surface area contributed by atoms with E-state index >= 15 is 0 Å². The first-order valence-electron chi connectivity index (χ1n) is 20.3. The van der Waals surface area contributed by atoms with Gasteiger partial charge >= 0.3 is 5.97 Å². The molecule has 0 spiro atoms. The largest absolute Gasteiger partial charge is 0.481 e. The van der Waals surface area contributed by atoms with Crippen molar-refractivity contribution < 1.29 is 53.6 Å². The molecule has 15 heteroatoms. The van der Waals surface area contributed by atoms with Crippen LogP contribution >= 0.6 is 15.9 Å². The Morgan fingerprint density at radius 3 is 2.55 bits per heavy atom. The number of aliphatic hydroxyl groups is 2. The third-order valence-electron chi connectivity index (χ3n) is 15.1. The van der Waals surface area contributed by atoms with E-state index in [2.05, 4.69) is 38.8 Å². The maximum Gasteiger partial charge on any atom is 0.303 e. The summed E-state index contributed by atoms with van der Waals surface area (Å²) in [6.45, 7) is 3.12. The van der Waals surface area contributed by atoms with Crippen LogP contribution in [-0.4, -0.2) is 99.2 Å². The average Bonchev–Trinajstić information content (AvgIpc) is 3.65. The summed E-state index contributed by atoms with van der Waals surface area (Å²) < 4.78 is 13.7. The molecule has 1 saturated heterocycles. The van der Waals surface area contributed by atoms with Crippen LogP contribution in [0.4, 0.5) is 5.69 Å². The fraction of sp³-hybridized carbons (Fsp3) is 0.628. The minimum atomic E-state index is -1.38. The average molecular weight is 867 g/mol. The number of carbonyl (C=O) groups is 6. The van der Waals surface area contributed by atoms with Gasteiger partial charge in [0.1, 0.15) is 12.6 Å². The van der Waals surface area contributed by atoms with Gasteiger partial charge in [-0.1, -0.05) is 53.6 Å². The third-order valence-corrected chi connectivity index (χ3v) is 15.6. The van der Waals surface area contributed by atoms with Crippen LogP contribution in [0.15, 0.2) is 48.1 Å². The predicted octanol–water partition coefficient (Wildman–Crippen LogP) is 3.13. The second kappa shape index (κ2) is 14.8. The van der Waals surface area contributed by atoms with E-state index in [-0.39, 0.29) is 59.1 Å². The molecule has 312 valence electrons. The summed E-state index contributed by atoms with van der Waals surface area (Å²) in [6.07, 6.45) is 8.55. The fourth-order valence-corrected chi connectivity index (χ4v) is 13.1. The van der Waals surface area contributed by atoms with Gasteiger partial charge in [0.2, 0.25) is 17.7 Å². The number of amides is 3. The van der Waals surface area contributed by atoms with E-state index in [0.29, 0.717) is 18.5 Å². The van der Waals surface area contributed by atoms with E-state index < -0.39 is 77.1 Å². The number of anilines is 1. The van der Waals surface area contributed by atoms with Gasteiger partial charge in [0.25, 0.3) is 0 Å². The molecule has 1 aromatic carbocycles. The molecule has 58 heavy (non-hydrogen) atoms. The van der Waals surface area contributed by atoms with E-state index in [4.69, 9.17) is 9.47 Å². The molecule has 1 heterocycles. The normalized spacial score (nSPS) is 39.3. The Morgan fingerprint density at radius 2 is 1.84 bits per heavy atom. The molecular weight excluding hydrogens is 814 g/mol. The van der Waals surface area contributed by atoms with Crippen LogP contribution < -0.4 is 16.0 Å². The number of hydrogen-bond donors (Lipinski definition) is 6. The van der Waals surface area contributed by atoms with Crippen LogP contribution in [0.2, 0.25) is 0 Å². The van der Waals surface area contributed by atoms with Crippen molar-refractivity contribution in [2.75, 3.05) is 23.8 Å². The number of ketones is 2. The number of carbonyl (C=O) groups excluding carboxylic acids is 5. The molecule has 6 saturated carbocycles. The van der Waals surface area contributed by atoms with Crippen LogP contribution in [0.25, 0.3) is 0 Å². The quantitative estimate of drug-likeness (QED) is 0.149. The van der Waals surface area contributed by atoms with Crippen molar-refractivity contribution in [3.05, 3.63) is 53.6 Å². The molecule has 3 amide bonds. The standard InChI is InChI=1S/C43H52BrN3O11/c1-39-11-10-26(49)13-24(39)6-7-27-28-14-32-43(31(51)19-48,40(28,2)16-30(50)36(27)39)58-38(57-32)42-20-41(21-42,22-42)15-23-4-3-5-25(12-23)46-37(56)29(8-9-35(54)55)47-34(53)18-45-33(52)17-44/h3-5,10-13,27-30,32,36,38,48,50H,6-9,14-22H2,1-2H3,(H,45,52)(H,46,56)(H,47,53)(H,54,55)/t27-,28-,29-,30-,32+,36+,38+,39-,40-,41?,42?,43+/m0/s1. The molecule has 2 bridgehead atoms. The monoisotopic (exact) mass is 865 g/mol. The van der Waals surface area contributed by atoms with Gasteiger partial charge in [-0.2, -0.15) is 0 Å². The number of fused-ring (bicyclic) bond motifs is 7. The van der Waals surface area contributed by atoms with Gasteiger partial charge in [-0.05, 0) is 105 Å². The van der Waals surface area contributed by atoms with Gasteiger partial charge in [0.15, 0.2) is 23.5 Å². The van der Waals surface area contributed by atoms with Crippen molar-refractivity contribution in [2.24, 2.45) is 39.4 Å². The Balaban J connectivity index is 0.921. The van der Waals surface area contributed by atoms with E-state index in [1.54, 1.807) is 18.2 Å². The zero-order chi connectivity index (χ0) is 41.4. The molecule has 6 N–H and O–H groups in total. The van der Waals surface area contributed by atoms with E-state index in [9.17, 15) is 44.1 Å². The van der Waals surface area contributed by atoms with Crippen LogP contribution in [0.3, 0.4) is 0 Å². The van der Waals surface area contributed by atoms with Gasteiger partial charge in [-0.25, -0.2) is 0 Å². The van der Waals surface area contributed by atoms with Gasteiger partial charge in [-0.3, -0.25) is 28.8 Å². The van der Waals surface area contributed by atoms with Gasteiger partial charge in [-0.15, -0.1) is 0 Å². The molecule has 1 aliphatic heterocycles. The summed E-state index contributed by atoms with van der Waals surface area (Å²) in [5.74, 6) is -3.15. The minimum absolute atomic E-state index is 0.00677. The second-order valence-electron chi connectivity index (χ2n) is 18.6. The van der Waals surface area contributed by atoms with Gasteiger partial charge in [0, 0.05) is 34.3 Å². The van der Waals surface area contributed by atoms with Crippen molar-refractivity contribution in [1.82, 2.24) is 10.6 Å². The first kappa shape index (κ1) is 41.0. The van der Waals surface area contributed by atoms with Crippen molar-refractivity contribution in [2.45, 2.75) is 108 Å². The van der Waals surface area contributed by atoms with Crippen molar-refractivity contribution in [3.63, 3.8) is 0 Å². The Labute approximate surface area is 345 Å². The zero-order valence-corrected chi connectivity index (χ0v) is 34.3. The number of aliphatic carboxylic acids is 1. The lowest BCUT2D eigenvalue weighted by Crippen LogP contribution is -2.69. The Kier molecular flexibility index (Phi) is 10.4. The molecule has 14 nitrogen and oxygen atoms in total. The number of allylic oxidation sites excluding steroid dienone is 4. The topological polar surface area (TPSA) is 218 Å². The highest BCUT2D eigenvalue weighted by atomic mass is 79.9. The zero-order valence-electron chi connectivity index (χ0n) is 32.8. The number of rotatable bonds is 14. The van der Waals surface area contributed by atoms with E-state index in [1.807, 2.05) is 31.2 Å². The smallest absolute Gasteiger partial charge is 0.303 e. The van der Waals surface area contributed by atoms with Crippen LogP contribution in [0.1, 0.15) is 77.2 Å². The molecule has 7 fully saturated rings. The number of alkyl halides is 1. The molecular formula is C43H52BrN3O11. The second-order valence-corrected chi connectivity index (χ2v) is 19.1. The maximum atomic E-state index is 14.0. The number of Topliss-reactive ketones (excluding diaryl/α,β-unsaturated/α-hetero) is 1. The molecule has 0 aromatic heterocycles. The Morgan fingerprint density at radius 1 is 1.09 bits per heavy atom. The summed E-state index contributed by atoms with van der Waals surface area (Å²) in [7, 11) is 0. The van der Waals surface area contributed by atoms with Crippen LogP contribution in [0, 0.1) is 39.4 Å². The summed E-state index contributed by atoms with van der Waals surface area (Å²) in [5, 5.41) is 39.3. The van der Waals surface area contributed by atoms with Crippen LogP contribution in [0.5, 0.6) is 0 Å². The van der Waals surface area contributed by atoms with Crippen molar-refractivity contribution in [3.8, 4) is 0 Å². The number of aliphatic hydroxyl groups excluding tert-OH is 2. The summed E-state index contributed by atoms with van der Waals surface area (Å²) in [6, 6.07) is 6.27. The molecule has 9 rings (SSSR count). The highest BCUT2D eigenvalue weighted by molar-refractivity contribution is 9.09. The SMILES string of the molecule is C[C@]12C=CC(=O)C=C1CC[C@@H]1[C@@H]2[C@@H](O)C[C@@]2(C)[C@H]1C[C@H]1O[C@@H](C34CC(Cc5cccc(NC(=O)[C@H](CCC(=O)O)NC(=O)CNC(=O)CBr)c5)(C3)C4)O[C@]12C(=O)CO. The highest BCUT2D eigenvalue weighted by Gasteiger charge is 2.80. The minimum Gasteiger partial charge on any atom is -0.481 e. The summed E-state index contributed by atoms with van der Waals surface area (Å²) in [5.41, 5.74) is -0.336. The number of ether oxygens (including phenoxy) is 2. The predicted molar refractivity (Wildman–Crippen MR) is 211 cm³/mol. The Hall–Kier alpha value is -3.76. The van der Waals surface area contributed by atoms with Gasteiger partial charge in [0.05, 0.1) is 24.1 Å². The molecule has 7 aliphatic carbocycles. The van der Waals surface area contributed by atoms with Gasteiger partial charge < -0.3 is 40.7 Å². The first-order chi connectivity index (χ1) is 27.5. The highest BCUT2D eigenvalue weighted by Crippen LogP contribution is 2.79. The summed E-state index contributed by atoms with van der Waals surface area (Å²) in [4.78, 5) is 74.8. The van der Waals surface area contributed by atoms with Crippen LogP contribution in [-0.2, 0) is 44.7 Å². The Bertz CT molecular complexity index is 1980. The van der Waals surface area contributed by atoms with E-state index in [1.165, 1.54) is 0 Å². The first-order valence-corrected chi connectivity index (χ1v) is 21.5. The number of carboxylic acids is 1. The number of halogens is 1. The number of carboxylic acid groups (broad SMARTS) is 1. The summed E-state index contributed by atoms with van der Waals surface area (Å²) >= 11 is 3.00. The lowest BCUT2D eigenvalue weighted by atomic mass is 9.33. The lowest BCUT2D eigenvalue weighted by molar-refractivity contribution is -0.323. The van der Waals surface area contributed by atoms with E-state index in [0.717, 1.165) is 49.7 Å². The van der Waals surface area contributed by atoms with Crippen molar-refractivity contribution >= 4 is 56.9 Å².